The smallest absolute Gasteiger partial charge is 0.228 e. The van der Waals surface area contributed by atoms with Crippen LogP contribution < -0.4 is 0 Å². The molecule has 0 spiro atoms. The Bertz CT molecular complexity index is 261. The van der Waals surface area contributed by atoms with Crippen LogP contribution in [0.2, 0.25) is 0 Å². The van der Waals surface area contributed by atoms with Crippen molar-refractivity contribution in [2.75, 3.05) is 38.7 Å². The molecule has 0 unspecified atom stereocenters. The molecule has 0 aromatic rings. The Labute approximate surface area is 110 Å². The maximum absolute atomic E-state index is 12.5. The highest BCUT2D eigenvalue weighted by Gasteiger charge is 2.32. The average molecular weight is 258 g/mol. The lowest BCUT2D eigenvalue weighted by molar-refractivity contribution is -0.141. The minimum atomic E-state index is -0.264. The van der Waals surface area contributed by atoms with Crippen molar-refractivity contribution in [2.24, 2.45) is 5.41 Å². The molecule has 0 aromatic carbocycles. The van der Waals surface area contributed by atoms with Crippen molar-refractivity contribution >= 4 is 17.7 Å². The quantitative estimate of drug-likeness (QED) is 0.756. The van der Waals surface area contributed by atoms with E-state index < -0.39 is 0 Å². The summed E-state index contributed by atoms with van der Waals surface area (Å²) >= 11 is 1.98. The zero-order valence-electron chi connectivity index (χ0n) is 11.8. The zero-order valence-corrected chi connectivity index (χ0v) is 12.6. The molecule has 1 saturated heterocycles. The highest BCUT2D eigenvalue weighted by molar-refractivity contribution is 7.99. The second-order valence-electron chi connectivity index (χ2n) is 6.09. The number of carbonyl (C=O) groups is 1. The predicted molar refractivity (Wildman–Crippen MR) is 75.5 cm³/mol. The van der Waals surface area contributed by atoms with E-state index in [1.165, 1.54) is 5.75 Å². The maximum Gasteiger partial charge on any atom is 0.228 e. The molecular weight excluding hydrogens is 232 g/mol. The topological polar surface area (TPSA) is 23.6 Å². The van der Waals surface area contributed by atoms with E-state index >= 15 is 0 Å². The molecule has 1 aliphatic rings. The van der Waals surface area contributed by atoms with Gasteiger partial charge < -0.3 is 9.80 Å². The van der Waals surface area contributed by atoms with E-state index in [1.54, 1.807) is 0 Å². The van der Waals surface area contributed by atoms with Crippen molar-refractivity contribution in [1.29, 1.82) is 0 Å². The number of nitrogens with zero attached hydrogens (tertiary/aromatic N) is 2. The summed E-state index contributed by atoms with van der Waals surface area (Å²) in [4.78, 5) is 16.8. The van der Waals surface area contributed by atoms with Gasteiger partial charge in [0.05, 0.1) is 6.04 Å². The van der Waals surface area contributed by atoms with E-state index in [4.69, 9.17) is 0 Å². The van der Waals surface area contributed by atoms with Gasteiger partial charge in [0.2, 0.25) is 5.91 Å². The van der Waals surface area contributed by atoms with Crippen LogP contribution >= 0.6 is 11.8 Å². The molecule has 0 saturated carbocycles. The number of amides is 1. The largest absolute Gasteiger partial charge is 0.337 e. The minimum Gasteiger partial charge on any atom is -0.337 e. The van der Waals surface area contributed by atoms with E-state index in [0.717, 1.165) is 25.3 Å². The standard InChI is InChI=1S/C13H26N2OS/c1-13(2,3)12(16)15-7-6-8-17-10-11(15)9-14(4)5/h11H,6-10H2,1-5H3/t11-/m0/s1. The van der Waals surface area contributed by atoms with Crippen molar-refractivity contribution < 1.29 is 4.79 Å². The van der Waals surface area contributed by atoms with Gasteiger partial charge in [0.1, 0.15) is 0 Å². The lowest BCUT2D eigenvalue weighted by Crippen LogP contribution is -2.50. The normalized spacial score (nSPS) is 22.7. The number of carbonyl (C=O) groups excluding carboxylic acids is 1. The monoisotopic (exact) mass is 258 g/mol. The van der Waals surface area contributed by atoms with Gasteiger partial charge in [-0.3, -0.25) is 4.79 Å². The van der Waals surface area contributed by atoms with Gasteiger partial charge in [0, 0.05) is 24.3 Å². The molecule has 1 atom stereocenters. The van der Waals surface area contributed by atoms with E-state index in [-0.39, 0.29) is 5.41 Å². The molecule has 1 rings (SSSR count). The fourth-order valence-electron chi connectivity index (χ4n) is 2.10. The molecule has 3 nitrogen and oxygen atoms in total. The van der Waals surface area contributed by atoms with Crippen molar-refractivity contribution in [3.8, 4) is 0 Å². The molecule has 0 bridgehead atoms. The van der Waals surface area contributed by atoms with Gasteiger partial charge in [0.25, 0.3) is 0 Å². The molecule has 4 heteroatoms. The molecule has 100 valence electrons. The van der Waals surface area contributed by atoms with Gasteiger partial charge in [-0.05, 0) is 26.3 Å². The van der Waals surface area contributed by atoms with Crippen LogP contribution in [-0.4, -0.2) is 60.4 Å². The third kappa shape index (κ3) is 4.51. The summed E-state index contributed by atoms with van der Waals surface area (Å²) in [6, 6.07) is 0.365. The van der Waals surface area contributed by atoms with Crippen molar-refractivity contribution in [3.05, 3.63) is 0 Å². The van der Waals surface area contributed by atoms with Gasteiger partial charge >= 0.3 is 0 Å². The summed E-state index contributed by atoms with van der Waals surface area (Å²) in [6.45, 7) is 7.93. The fourth-order valence-corrected chi connectivity index (χ4v) is 3.16. The lowest BCUT2D eigenvalue weighted by Gasteiger charge is -2.36. The Kier molecular flexibility index (Phi) is 5.32. The first kappa shape index (κ1) is 14.8. The van der Waals surface area contributed by atoms with Crippen LogP contribution in [0.1, 0.15) is 27.2 Å². The van der Waals surface area contributed by atoms with Gasteiger partial charge in [-0.2, -0.15) is 11.8 Å². The maximum atomic E-state index is 12.5. The first-order valence-electron chi connectivity index (χ1n) is 6.36. The molecule has 1 fully saturated rings. The van der Waals surface area contributed by atoms with E-state index in [2.05, 4.69) is 23.9 Å². The van der Waals surface area contributed by atoms with E-state index in [1.807, 2.05) is 32.5 Å². The third-order valence-electron chi connectivity index (χ3n) is 2.92. The molecule has 0 aliphatic carbocycles. The van der Waals surface area contributed by atoms with Crippen LogP contribution in [0.15, 0.2) is 0 Å². The number of hydrogen-bond donors (Lipinski definition) is 0. The minimum absolute atomic E-state index is 0.264. The Balaban J connectivity index is 2.78. The molecule has 0 aromatic heterocycles. The first-order valence-corrected chi connectivity index (χ1v) is 7.51. The summed E-state index contributed by atoms with van der Waals surface area (Å²) in [6.07, 6.45) is 1.12. The highest BCUT2D eigenvalue weighted by atomic mass is 32.2. The van der Waals surface area contributed by atoms with Crippen molar-refractivity contribution in [3.63, 3.8) is 0 Å². The zero-order chi connectivity index (χ0) is 13.1. The molecule has 0 radical (unpaired) electrons. The first-order chi connectivity index (χ1) is 7.82. The van der Waals surface area contributed by atoms with Crippen molar-refractivity contribution in [1.82, 2.24) is 9.80 Å². The van der Waals surface area contributed by atoms with E-state index in [0.29, 0.717) is 11.9 Å². The van der Waals surface area contributed by atoms with Gasteiger partial charge in [-0.1, -0.05) is 20.8 Å². The van der Waals surface area contributed by atoms with Crippen LogP contribution in [0, 0.1) is 5.41 Å². The lowest BCUT2D eigenvalue weighted by atomic mass is 9.94. The Morgan fingerprint density at radius 2 is 2.06 bits per heavy atom. The van der Waals surface area contributed by atoms with Crippen molar-refractivity contribution in [2.45, 2.75) is 33.2 Å². The van der Waals surface area contributed by atoms with Crippen LogP contribution in [0.5, 0.6) is 0 Å². The van der Waals surface area contributed by atoms with Gasteiger partial charge in [-0.15, -0.1) is 0 Å². The van der Waals surface area contributed by atoms with Crippen LogP contribution in [-0.2, 0) is 4.79 Å². The van der Waals surface area contributed by atoms with Crippen LogP contribution in [0.3, 0.4) is 0 Å². The SMILES string of the molecule is CN(C)C[C@H]1CSCCCN1C(=O)C(C)(C)C. The Morgan fingerprint density at radius 1 is 1.41 bits per heavy atom. The molecule has 1 amide bonds. The summed E-state index contributed by atoms with van der Waals surface area (Å²) in [5, 5.41) is 0. The Morgan fingerprint density at radius 3 is 2.59 bits per heavy atom. The predicted octanol–water partition coefficient (Wildman–Crippen LogP) is 1.93. The summed E-state index contributed by atoms with van der Waals surface area (Å²) in [5.41, 5.74) is -0.264. The number of likely N-dealkylation sites (N-methyl/N-ethyl adjacent to an activating group) is 1. The van der Waals surface area contributed by atoms with Gasteiger partial charge in [-0.25, -0.2) is 0 Å². The third-order valence-corrected chi connectivity index (χ3v) is 4.11. The van der Waals surface area contributed by atoms with Crippen LogP contribution in [0.4, 0.5) is 0 Å². The molecule has 1 aliphatic heterocycles. The second-order valence-corrected chi connectivity index (χ2v) is 7.24. The average Bonchev–Trinajstić information content (AvgIpc) is 2.40. The summed E-state index contributed by atoms with van der Waals surface area (Å²) in [7, 11) is 4.16. The van der Waals surface area contributed by atoms with Crippen LogP contribution in [0.25, 0.3) is 0 Å². The summed E-state index contributed by atoms with van der Waals surface area (Å²) in [5.74, 6) is 2.55. The molecule has 0 N–H and O–H groups in total. The second kappa shape index (κ2) is 6.10. The van der Waals surface area contributed by atoms with E-state index in [9.17, 15) is 4.79 Å². The molecule has 17 heavy (non-hydrogen) atoms. The number of rotatable bonds is 2. The Hall–Kier alpha value is -0.220. The highest BCUT2D eigenvalue weighted by Crippen LogP contribution is 2.24. The number of hydrogen-bond acceptors (Lipinski definition) is 3. The summed E-state index contributed by atoms with van der Waals surface area (Å²) < 4.78 is 0. The number of thioether (sulfide) groups is 1. The van der Waals surface area contributed by atoms with Gasteiger partial charge in [0.15, 0.2) is 0 Å². The molecular formula is C13H26N2OS. The molecule has 1 heterocycles. The fraction of sp³-hybridized carbons (Fsp3) is 0.923.